The summed E-state index contributed by atoms with van der Waals surface area (Å²) in [5.41, 5.74) is -9.06. The van der Waals surface area contributed by atoms with E-state index in [-0.39, 0.29) is 13.0 Å². The molecular formula is C15H12O12. The summed E-state index contributed by atoms with van der Waals surface area (Å²) < 4.78 is 4.63. The van der Waals surface area contributed by atoms with E-state index in [1.165, 1.54) is 0 Å². The molecule has 12 heteroatoms. The van der Waals surface area contributed by atoms with Crippen LogP contribution in [-0.2, 0) is 4.74 Å². The van der Waals surface area contributed by atoms with E-state index in [9.17, 15) is 54.3 Å². The van der Waals surface area contributed by atoms with Crippen LogP contribution in [0.3, 0.4) is 0 Å². The molecule has 0 atom stereocenters. The molecule has 27 heavy (non-hydrogen) atoms. The normalized spacial score (nSPS) is 10.1. The summed E-state index contributed by atoms with van der Waals surface area (Å²) in [7, 11) is 0. The molecule has 0 bridgehead atoms. The van der Waals surface area contributed by atoms with Gasteiger partial charge in [-0.25, -0.2) is 28.8 Å². The summed E-state index contributed by atoms with van der Waals surface area (Å²) in [4.78, 5) is 69.7. The van der Waals surface area contributed by atoms with E-state index in [0.717, 1.165) is 0 Å². The Balaban J connectivity index is 4.34. The largest absolute Gasteiger partial charge is 0.478 e. The molecule has 0 aliphatic carbocycles. The van der Waals surface area contributed by atoms with Crippen molar-refractivity contribution >= 4 is 35.8 Å². The van der Waals surface area contributed by atoms with Gasteiger partial charge in [-0.1, -0.05) is 6.92 Å². The molecule has 0 aromatic heterocycles. The van der Waals surface area contributed by atoms with Gasteiger partial charge in [0.2, 0.25) is 0 Å². The first-order valence-electron chi connectivity index (χ1n) is 7.04. The van der Waals surface area contributed by atoms with Crippen LogP contribution in [0.5, 0.6) is 0 Å². The molecule has 12 nitrogen and oxygen atoms in total. The van der Waals surface area contributed by atoms with Gasteiger partial charge in [-0.2, -0.15) is 0 Å². The molecule has 1 rings (SSSR count). The van der Waals surface area contributed by atoms with Gasteiger partial charge >= 0.3 is 35.8 Å². The number of carboxylic acids is 5. The highest BCUT2D eigenvalue weighted by Gasteiger charge is 2.40. The average molecular weight is 384 g/mol. The Bertz CT molecular complexity index is 826. The van der Waals surface area contributed by atoms with Gasteiger partial charge in [-0.15, -0.1) is 0 Å². The van der Waals surface area contributed by atoms with Gasteiger partial charge in [-0.3, -0.25) is 0 Å². The van der Waals surface area contributed by atoms with Crippen LogP contribution in [0.25, 0.3) is 0 Å². The van der Waals surface area contributed by atoms with Crippen molar-refractivity contribution in [3.63, 3.8) is 0 Å². The molecule has 0 aliphatic heterocycles. The minimum atomic E-state index is -2.21. The maximum absolute atomic E-state index is 12.2. The Labute approximate surface area is 149 Å². The molecule has 0 aliphatic rings. The lowest BCUT2D eigenvalue weighted by Gasteiger charge is -2.17. The molecule has 0 unspecified atom stereocenters. The summed E-state index contributed by atoms with van der Waals surface area (Å²) in [6, 6.07) is 0. The van der Waals surface area contributed by atoms with E-state index in [0.29, 0.717) is 0 Å². The van der Waals surface area contributed by atoms with E-state index in [1.54, 1.807) is 6.92 Å². The third-order valence-corrected chi connectivity index (χ3v) is 3.21. The number of carbonyl (C=O) groups excluding carboxylic acids is 1. The summed E-state index contributed by atoms with van der Waals surface area (Å²) >= 11 is 0. The zero-order valence-electron chi connectivity index (χ0n) is 13.5. The van der Waals surface area contributed by atoms with Crippen molar-refractivity contribution in [2.75, 3.05) is 6.61 Å². The van der Waals surface area contributed by atoms with Crippen molar-refractivity contribution in [2.45, 2.75) is 13.3 Å². The second-order valence-electron chi connectivity index (χ2n) is 4.91. The predicted molar refractivity (Wildman–Crippen MR) is 81.8 cm³/mol. The molecule has 0 heterocycles. The first-order chi connectivity index (χ1) is 12.5. The zero-order chi connectivity index (χ0) is 21.0. The lowest BCUT2D eigenvalue weighted by atomic mass is 9.86. The number of ether oxygens (including phenoxy) is 1. The molecule has 1 aromatic rings. The van der Waals surface area contributed by atoms with Gasteiger partial charge in [0.25, 0.3) is 0 Å². The molecule has 0 radical (unpaired) electrons. The number of rotatable bonds is 8. The number of esters is 1. The highest BCUT2D eigenvalue weighted by atomic mass is 16.5. The summed E-state index contributed by atoms with van der Waals surface area (Å²) in [5, 5.41) is 46.3. The van der Waals surface area contributed by atoms with Gasteiger partial charge in [-0.05, 0) is 6.42 Å². The van der Waals surface area contributed by atoms with E-state index >= 15 is 0 Å². The zero-order valence-corrected chi connectivity index (χ0v) is 13.5. The fraction of sp³-hybridized carbons (Fsp3) is 0.200. The molecule has 0 fully saturated rings. The van der Waals surface area contributed by atoms with Crippen LogP contribution in [0.2, 0.25) is 0 Å². The number of carboxylic acid groups (broad SMARTS) is 5. The fourth-order valence-electron chi connectivity index (χ4n) is 2.29. The second-order valence-corrected chi connectivity index (χ2v) is 4.91. The van der Waals surface area contributed by atoms with Crippen molar-refractivity contribution in [1.82, 2.24) is 0 Å². The molecule has 0 amide bonds. The van der Waals surface area contributed by atoms with E-state index in [4.69, 9.17) is 0 Å². The van der Waals surface area contributed by atoms with Crippen LogP contribution in [-0.4, -0.2) is 68.0 Å². The van der Waals surface area contributed by atoms with Gasteiger partial charge < -0.3 is 30.3 Å². The standard InChI is InChI=1S/C15H12O12/c1-2-3-27-15(26)9-7(13(22)23)5(11(18)19)4(10(16)17)6(12(20)21)8(9)14(24)25/h2-3H2,1H3,(H,16,17)(H,18,19)(H,20,21)(H,22,23)(H,24,25). The highest BCUT2D eigenvalue weighted by Crippen LogP contribution is 2.30. The Kier molecular flexibility index (Phi) is 6.21. The van der Waals surface area contributed by atoms with Gasteiger partial charge in [0, 0.05) is 0 Å². The van der Waals surface area contributed by atoms with Gasteiger partial charge in [0.05, 0.1) is 40.0 Å². The number of hydrogen-bond donors (Lipinski definition) is 5. The minimum absolute atomic E-state index is 0.224. The van der Waals surface area contributed by atoms with Crippen LogP contribution >= 0.6 is 0 Å². The summed E-state index contributed by atoms with van der Waals surface area (Å²) in [5.74, 6) is -12.5. The van der Waals surface area contributed by atoms with Crippen LogP contribution in [0, 0.1) is 0 Å². The number of aromatic carboxylic acids is 5. The maximum atomic E-state index is 12.2. The minimum Gasteiger partial charge on any atom is -0.478 e. The smallest absolute Gasteiger partial charge is 0.339 e. The average Bonchev–Trinajstić information content (AvgIpc) is 2.55. The Morgan fingerprint density at radius 1 is 0.593 bits per heavy atom. The van der Waals surface area contributed by atoms with Crippen molar-refractivity contribution in [3.05, 3.63) is 33.4 Å². The number of benzene rings is 1. The van der Waals surface area contributed by atoms with Crippen LogP contribution in [0.1, 0.15) is 75.5 Å². The molecule has 0 saturated carbocycles. The second kappa shape index (κ2) is 7.95. The number of hydrogen-bond acceptors (Lipinski definition) is 7. The third kappa shape index (κ3) is 3.84. The highest BCUT2D eigenvalue weighted by molar-refractivity contribution is 6.23. The third-order valence-electron chi connectivity index (χ3n) is 3.21. The summed E-state index contributed by atoms with van der Waals surface area (Å²) in [6.07, 6.45) is 0.224. The van der Waals surface area contributed by atoms with E-state index in [1.807, 2.05) is 0 Å². The van der Waals surface area contributed by atoms with Crippen molar-refractivity contribution < 1.29 is 59.0 Å². The summed E-state index contributed by atoms with van der Waals surface area (Å²) in [6.45, 7) is 1.23. The van der Waals surface area contributed by atoms with Gasteiger partial charge in [0.15, 0.2) is 0 Å². The lowest BCUT2D eigenvalue weighted by Crippen LogP contribution is -2.28. The fourth-order valence-corrected chi connectivity index (χ4v) is 2.29. The van der Waals surface area contributed by atoms with Crippen molar-refractivity contribution in [1.29, 1.82) is 0 Å². The van der Waals surface area contributed by atoms with Crippen LogP contribution < -0.4 is 0 Å². The predicted octanol–water partition coefficient (Wildman–Crippen LogP) is 0.744. The Morgan fingerprint density at radius 2 is 0.852 bits per heavy atom. The molecule has 0 saturated heterocycles. The van der Waals surface area contributed by atoms with E-state index < -0.39 is 69.2 Å². The van der Waals surface area contributed by atoms with E-state index in [2.05, 4.69) is 4.74 Å². The van der Waals surface area contributed by atoms with Gasteiger partial charge in [0.1, 0.15) is 0 Å². The Hall–Kier alpha value is -3.96. The first-order valence-corrected chi connectivity index (χ1v) is 7.04. The van der Waals surface area contributed by atoms with Crippen LogP contribution in [0.4, 0.5) is 0 Å². The first kappa shape index (κ1) is 21.1. The quantitative estimate of drug-likeness (QED) is 0.392. The molecule has 0 spiro atoms. The van der Waals surface area contributed by atoms with Crippen molar-refractivity contribution in [3.8, 4) is 0 Å². The topological polar surface area (TPSA) is 213 Å². The number of carbonyl (C=O) groups is 6. The molecule has 5 N–H and O–H groups in total. The van der Waals surface area contributed by atoms with Crippen LogP contribution in [0.15, 0.2) is 0 Å². The maximum Gasteiger partial charge on any atom is 0.339 e. The molecular weight excluding hydrogens is 372 g/mol. The monoisotopic (exact) mass is 384 g/mol. The molecule has 144 valence electrons. The van der Waals surface area contributed by atoms with Crippen molar-refractivity contribution in [2.24, 2.45) is 0 Å². The SMILES string of the molecule is CCCOC(=O)c1c(C(=O)O)c(C(=O)O)c(C(=O)O)c(C(=O)O)c1C(=O)O. The molecule has 1 aromatic carbocycles. The Morgan fingerprint density at radius 3 is 1.07 bits per heavy atom. The lowest BCUT2D eigenvalue weighted by molar-refractivity contribution is 0.0481.